The molecule has 0 aliphatic heterocycles. The Labute approximate surface area is 218 Å². The number of aromatic hydroxyl groups is 1. The van der Waals surface area contributed by atoms with Crippen molar-refractivity contribution in [3.05, 3.63) is 102 Å². The molecule has 36 heavy (non-hydrogen) atoms. The first-order valence-electron chi connectivity index (χ1n) is 11.7. The van der Waals surface area contributed by atoms with Gasteiger partial charge in [-0.3, -0.25) is 15.0 Å². The Balaban J connectivity index is 0.00000456. The summed E-state index contributed by atoms with van der Waals surface area (Å²) in [6.45, 7) is 0.162. The second-order valence-electron chi connectivity index (χ2n) is 8.58. The van der Waals surface area contributed by atoms with Crippen LogP contribution in [0.25, 0.3) is 0 Å². The first-order valence-corrected chi connectivity index (χ1v) is 11.7. The van der Waals surface area contributed by atoms with Crippen molar-refractivity contribution in [3.8, 4) is 5.75 Å². The summed E-state index contributed by atoms with van der Waals surface area (Å²) in [5.74, 6) is -1.22. The number of unbranched alkanes of at least 4 members (excludes halogenated alkanes) is 1. The summed E-state index contributed by atoms with van der Waals surface area (Å²) in [4.78, 5) is 28.4. The van der Waals surface area contributed by atoms with Crippen LogP contribution in [0.4, 0.5) is 0 Å². The first-order chi connectivity index (χ1) is 16.9. The van der Waals surface area contributed by atoms with E-state index in [1.165, 1.54) is 0 Å². The Kier molecular flexibility index (Phi) is 11.0. The van der Waals surface area contributed by atoms with Gasteiger partial charge in [0.15, 0.2) is 0 Å². The van der Waals surface area contributed by atoms with Gasteiger partial charge in [0.05, 0.1) is 11.8 Å². The van der Waals surface area contributed by atoms with Gasteiger partial charge in [0.2, 0.25) is 11.8 Å². The zero-order valence-corrected chi connectivity index (χ0v) is 20.9. The van der Waals surface area contributed by atoms with Crippen molar-refractivity contribution in [2.75, 3.05) is 0 Å². The van der Waals surface area contributed by atoms with E-state index in [0.29, 0.717) is 25.7 Å². The van der Waals surface area contributed by atoms with Crippen molar-refractivity contribution in [3.63, 3.8) is 0 Å². The van der Waals surface area contributed by atoms with E-state index in [1.54, 1.807) is 29.2 Å². The number of halogens is 1. The Bertz CT molecular complexity index is 1090. The van der Waals surface area contributed by atoms with Crippen LogP contribution in [0.5, 0.6) is 5.75 Å². The topological polar surface area (TPSA) is 134 Å². The molecule has 1 atom stereocenters. The smallest absolute Gasteiger partial charge is 0.240 e. The predicted octanol–water partition coefficient (Wildman–Crippen LogP) is 4.32. The average Bonchev–Trinajstić information content (AvgIpc) is 2.85. The van der Waals surface area contributed by atoms with Crippen molar-refractivity contribution in [1.82, 2.24) is 4.90 Å². The standard InChI is InChI=1S/C28H32N4O3.ClH/c29-25(30)14-8-7-13-24(27(31)34)32(19-20-15-17-23(33)18-16-20)28(35)26(21-9-3-1-4-10-21)22-11-5-2-6-12-22;/h1-6,9-12,15-18,24,26,33H,7-8,13-14,19H2,(H3,29,30)(H2,31,34);1H/t24-;/m1./s1. The molecule has 0 saturated heterocycles. The number of rotatable bonds is 12. The van der Waals surface area contributed by atoms with Crippen molar-refractivity contribution in [1.29, 1.82) is 5.41 Å². The lowest BCUT2D eigenvalue weighted by molar-refractivity contribution is -0.141. The van der Waals surface area contributed by atoms with Gasteiger partial charge in [0.1, 0.15) is 11.8 Å². The normalized spacial score (nSPS) is 11.4. The average molecular weight is 509 g/mol. The fourth-order valence-corrected chi connectivity index (χ4v) is 4.18. The van der Waals surface area contributed by atoms with E-state index in [-0.39, 0.29) is 36.4 Å². The molecular formula is C28H33ClN4O3. The molecule has 3 rings (SSSR count). The molecule has 7 nitrogen and oxygen atoms in total. The van der Waals surface area contributed by atoms with E-state index in [9.17, 15) is 14.7 Å². The maximum Gasteiger partial charge on any atom is 0.240 e. The van der Waals surface area contributed by atoms with Crippen LogP contribution in [-0.2, 0) is 16.1 Å². The van der Waals surface area contributed by atoms with Crippen LogP contribution in [-0.4, -0.2) is 33.7 Å². The van der Waals surface area contributed by atoms with Crippen molar-refractivity contribution in [2.45, 2.75) is 44.2 Å². The summed E-state index contributed by atoms with van der Waals surface area (Å²) in [7, 11) is 0. The molecule has 0 heterocycles. The highest BCUT2D eigenvalue weighted by molar-refractivity contribution is 5.92. The number of carbonyl (C=O) groups is 2. The highest BCUT2D eigenvalue weighted by Gasteiger charge is 2.34. The first kappa shape index (κ1) is 28.4. The minimum absolute atomic E-state index is 0. The molecule has 0 fully saturated rings. The third kappa shape index (κ3) is 7.85. The number of primary amides is 1. The number of carbonyl (C=O) groups excluding carboxylic acids is 2. The molecule has 3 aromatic carbocycles. The number of phenols is 1. The Morgan fingerprint density at radius 1 is 0.833 bits per heavy atom. The number of nitrogens with two attached hydrogens (primary N) is 2. The fraction of sp³-hybridized carbons (Fsp3) is 0.250. The molecule has 190 valence electrons. The van der Waals surface area contributed by atoms with E-state index in [0.717, 1.165) is 16.7 Å². The Morgan fingerprint density at radius 3 is 1.83 bits per heavy atom. The number of benzene rings is 3. The zero-order chi connectivity index (χ0) is 25.2. The van der Waals surface area contributed by atoms with Crippen LogP contribution in [0.3, 0.4) is 0 Å². The van der Waals surface area contributed by atoms with Gasteiger partial charge in [-0.2, -0.15) is 0 Å². The van der Waals surface area contributed by atoms with Gasteiger partial charge in [-0.15, -0.1) is 12.4 Å². The number of nitrogens with one attached hydrogen (secondary N) is 1. The molecule has 8 heteroatoms. The van der Waals surface area contributed by atoms with Crippen LogP contribution >= 0.6 is 12.4 Å². The molecule has 0 aromatic heterocycles. The molecule has 0 aliphatic rings. The lowest BCUT2D eigenvalue weighted by Crippen LogP contribution is -2.49. The zero-order valence-electron chi connectivity index (χ0n) is 20.0. The molecule has 0 spiro atoms. The quantitative estimate of drug-likeness (QED) is 0.164. The largest absolute Gasteiger partial charge is 0.508 e. The van der Waals surface area contributed by atoms with Gasteiger partial charge in [-0.05, 0) is 41.7 Å². The molecular weight excluding hydrogens is 476 g/mol. The van der Waals surface area contributed by atoms with Gasteiger partial charge in [0, 0.05) is 13.0 Å². The third-order valence-electron chi connectivity index (χ3n) is 5.96. The van der Waals surface area contributed by atoms with Crippen molar-refractivity contribution in [2.24, 2.45) is 11.5 Å². The second kappa shape index (κ2) is 13.9. The van der Waals surface area contributed by atoms with Crippen LogP contribution in [0.2, 0.25) is 0 Å². The lowest BCUT2D eigenvalue weighted by atomic mass is 9.89. The van der Waals surface area contributed by atoms with Crippen molar-refractivity contribution < 1.29 is 14.7 Å². The lowest BCUT2D eigenvalue weighted by Gasteiger charge is -2.33. The summed E-state index contributed by atoms with van der Waals surface area (Å²) in [5.41, 5.74) is 13.7. The second-order valence-corrected chi connectivity index (χ2v) is 8.58. The molecule has 0 aliphatic carbocycles. The van der Waals surface area contributed by atoms with Gasteiger partial charge < -0.3 is 21.5 Å². The van der Waals surface area contributed by atoms with Crippen LogP contribution < -0.4 is 11.5 Å². The number of amides is 2. The van der Waals surface area contributed by atoms with Crippen molar-refractivity contribution >= 4 is 30.1 Å². The third-order valence-corrected chi connectivity index (χ3v) is 5.96. The molecule has 2 amide bonds. The van der Waals surface area contributed by atoms with Crippen LogP contribution in [0.15, 0.2) is 84.9 Å². The molecule has 0 saturated carbocycles. The van der Waals surface area contributed by atoms with Gasteiger partial charge in [-0.25, -0.2) is 0 Å². The van der Waals surface area contributed by atoms with Crippen LogP contribution in [0.1, 0.15) is 48.3 Å². The summed E-state index contributed by atoms with van der Waals surface area (Å²) >= 11 is 0. The van der Waals surface area contributed by atoms with E-state index in [2.05, 4.69) is 0 Å². The number of phenolic OH excluding ortho intramolecular Hbond substituents is 1. The summed E-state index contributed by atoms with van der Waals surface area (Å²) in [5, 5.41) is 17.1. The number of hydrogen-bond acceptors (Lipinski definition) is 4. The minimum Gasteiger partial charge on any atom is -0.508 e. The van der Waals surface area contributed by atoms with Gasteiger partial charge in [0.25, 0.3) is 0 Å². The summed E-state index contributed by atoms with van der Waals surface area (Å²) in [6.07, 6.45) is 2.01. The number of nitrogens with zero attached hydrogens (tertiary/aromatic N) is 1. The molecule has 0 bridgehead atoms. The number of amidine groups is 1. The molecule has 6 N–H and O–H groups in total. The van der Waals surface area contributed by atoms with Crippen LogP contribution in [0, 0.1) is 5.41 Å². The van der Waals surface area contributed by atoms with E-state index in [4.69, 9.17) is 16.9 Å². The van der Waals surface area contributed by atoms with Gasteiger partial charge in [-0.1, -0.05) is 79.2 Å². The van der Waals surface area contributed by atoms with E-state index < -0.39 is 17.9 Å². The summed E-state index contributed by atoms with van der Waals surface area (Å²) in [6, 6.07) is 24.7. The van der Waals surface area contributed by atoms with Gasteiger partial charge >= 0.3 is 0 Å². The number of hydrogen-bond donors (Lipinski definition) is 4. The maximum atomic E-state index is 14.2. The van der Waals surface area contributed by atoms with E-state index >= 15 is 0 Å². The highest BCUT2D eigenvalue weighted by atomic mass is 35.5. The molecule has 3 aromatic rings. The molecule has 0 radical (unpaired) electrons. The Hall–Kier alpha value is -3.84. The van der Waals surface area contributed by atoms with E-state index in [1.807, 2.05) is 60.7 Å². The Morgan fingerprint density at radius 2 is 1.36 bits per heavy atom. The molecule has 0 unspecified atom stereocenters. The predicted molar refractivity (Wildman–Crippen MR) is 144 cm³/mol. The summed E-state index contributed by atoms with van der Waals surface area (Å²) < 4.78 is 0. The monoisotopic (exact) mass is 508 g/mol. The minimum atomic E-state index is -0.835. The maximum absolute atomic E-state index is 14.2. The fourth-order valence-electron chi connectivity index (χ4n) is 4.18. The SMILES string of the molecule is Cl.N=C(N)CCCC[C@H](C(N)=O)N(Cc1ccc(O)cc1)C(=O)C(c1ccccc1)c1ccccc1. The highest BCUT2D eigenvalue weighted by Crippen LogP contribution is 2.29.